The molecular formula is C12H17N5S. The highest BCUT2D eigenvalue weighted by molar-refractivity contribution is 7.80. The molecule has 0 bridgehead atoms. The van der Waals surface area contributed by atoms with Gasteiger partial charge in [0.15, 0.2) is 0 Å². The molecular weight excluding hydrogens is 246 g/mol. The van der Waals surface area contributed by atoms with E-state index in [0.717, 1.165) is 43.2 Å². The predicted molar refractivity (Wildman–Crippen MR) is 75.4 cm³/mol. The quantitative estimate of drug-likeness (QED) is 0.381. The van der Waals surface area contributed by atoms with Crippen molar-refractivity contribution < 1.29 is 0 Å². The van der Waals surface area contributed by atoms with Gasteiger partial charge in [-0.2, -0.15) is 0 Å². The second kappa shape index (κ2) is 6.11. The summed E-state index contributed by atoms with van der Waals surface area (Å²) in [4.78, 5) is 6.11. The molecule has 0 unspecified atom stereocenters. The van der Waals surface area contributed by atoms with Crippen LogP contribution < -0.4 is 5.32 Å². The van der Waals surface area contributed by atoms with E-state index in [-0.39, 0.29) is 0 Å². The van der Waals surface area contributed by atoms with Crippen LogP contribution in [0.5, 0.6) is 0 Å². The lowest BCUT2D eigenvalue weighted by atomic mass is 10.1. The molecule has 5 nitrogen and oxygen atoms in total. The Labute approximate surface area is 112 Å². The minimum atomic E-state index is 0.637. The van der Waals surface area contributed by atoms with Crippen molar-refractivity contribution in [2.75, 3.05) is 26.2 Å². The van der Waals surface area contributed by atoms with Crippen LogP contribution in [0.2, 0.25) is 0 Å². The largest absolute Gasteiger partial charge is 0.314 e. The number of azide groups is 1. The molecule has 1 heterocycles. The van der Waals surface area contributed by atoms with Gasteiger partial charge in [0.2, 0.25) is 0 Å². The van der Waals surface area contributed by atoms with Crippen molar-refractivity contribution >= 4 is 18.3 Å². The van der Waals surface area contributed by atoms with Gasteiger partial charge in [-0.1, -0.05) is 5.11 Å². The lowest BCUT2D eigenvalue weighted by molar-refractivity contribution is 0.232. The van der Waals surface area contributed by atoms with E-state index in [4.69, 9.17) is 5.53 Å². The molecule has 6 heteroatoms. The molecule has 96 valence electrons. The molecule has 1 aromatic carbocycles. The number of benzene rings is 1. The van der Waals surface area contributed by atoms with E-state index in [1.165, 1.54) is 5.56 Å². The zero-order valence-corrected chi connectivity index (χ0v) is 11.3. The van der Waals surface area contributed by atoms with E-state index in [1.807, 2.05) is 6.07 Å². The third kappa shape index (κ3) is 3.17. The summed E-state index contributed by atoms with van der Waals surface area (Å²) in [5.41, 5.74) is 11.5. The molecule has 0 aromatic heterocycles. The highest BCUT2D eigenvalue weighted by Gasteiger charge is 2.12. The average molecular weight is 263 g/mol. The van der Waals surface area contributed by atoms with Crippen LogP contribution in [0.4, 0.5) is 5.69 Å². The third-order valence-corrected chi connectivity index (χ3v) is 3.70. The van der Waals surface area contributed by atoms with E-state index in [9.17, 15) is 0 Å². The number of thiol groups is 1. The maximum absolute atomic E-state index is 8.51. The lowest BCUT2D eigenvalue weighted by Gasteiger charge is -2.28. The van der Waals surface area contributed by atoms with Crippen LogP contribution in [0.15, 0.2) is 22.1 Å². The summed E-state index contributed by atoms with van der Waals surface area (Å²) in [6, 6.07) is 3.76. The first-order valence-corrected chi connectivity index (χ1v) is 6.46. The second-order valence-corrected chi connectivity index (χ2v) is 4.95. The zero-order valence-electron chi connectivity index (χ0n) is 10.4. The van der Waals surface area contributed by atoms with Gasteiger partial charge in [0, 0.05) is 48.2 Å². The van der Waals surface area contributed by atoms with Gasteiger partial charge in [-0.15, -0.1) is 12.6 Å². The molecule has 0 saturated carbocycles. The first kappa shape index (κ1) is 13.2. The summed E-state index contributed by atoms with van der Waals surface area (Å²) in [7, 11) is 0. The van der Waals surface area contributed by atoms with Crippen LogP contribution in [-0.2, 0) is 6.54 Å². The Bertz CT molecular complexity index is 476. The molecule has 1 N–H and O–H groups in total. The summed E-state index contributed by atoms with van der Waals surface area (Å²) in [5.74, 6) is 0. The average Bonchev–Trinajstić information content (AvgIpc) is 2.37. The number of hydrogen-bond acceptors (Lipinski definition) is 4. The van der Waals surface area contributed by atoms with Gasteiger partial charge in [0.1, 0.15) is 0 Å². The third-order valence-electron chi connectivity index (χ3n) is 3.24. The molecule has 0 amide bonds. The fraction of sp³-hybridized carbons (Fsp3) is 0.500. The summed E-state index contributed by atoms with van der Waals surface area (Å²) in [6.07, 6.45) is 0. The molecule has 1 fully saturated rings. The van der Waals surface area contributed by atoms with Crippen molar-refractivity contribution in [2.45, 2.75) is 18.4 Å². The van der Waals surface area contributed by atoms with Crippen LogP contribution >= 0.6 is 12.6 Å². The smallest absolute Gasteiger partial charge is 0.0389 e. The van der Waals surface area contributed by atoms with Crippen molar-refractivity contribution in [3.63, 3.8) is 0 Å². The molecule has 0 spiro atoms. The van der Waals surface area contributed by atoms with Crippen molar-refractivity contribution in [1.29, 1.82) is 0 Å². The Hall–Kier alpha value is -1.20. The van der Waals surface area contributed by atoms with Crippen LogP contribution in [-0.4, -0.2) is 31.1 Å². The number of hydrogen-bond donors (Lipinski definition) is 2. The van der Waals surface area contributed by atoms with Crippen LogP contribution in [0.1, 0.15) is 11.1 Å². The predicted octanol–water partition coefficient (Wildman–Crippen LogP) is 2.63. The minimum absolute atomic E-state index is 0.637. The molecule has 1 saturated heterocycles. The van der Waals surface area contributed by atoms with Crippen LogP contribution in [0.3, 0.4) is 0 Å². The molecule has 1 aromatic rings. The van der Waals surface area contributed by atoms with Gasteiger partial charge in [0.05, 0.1) is 0 Å². The van der Waals surface area contributed by atoms with Gasteiger partial charge >= 0.3 is 0 Å². The first-order chi connectivity index (χ1) is 8.70. The standard InChI is InChI=1S/C12H17N5S/c1-9-10(8-17-4-2-14-3-5-17)6-11(15-16-13)7-12(9)18/h6-7,14,18H,2-5,8H2,1H3. The zero-order chi connectivity index (χ0) is 13.0. The number of piperazine rings is 1. The van der Waals surface area contributed by atoms with Gasteiger partial charge in [-0.25, -0.2) is 0 Å². The topological polar surface area (TPSA) is 64.0 Å². The summed E-state index contributed by atoms with van der Waals surface area (Å²) in [5, 5.41) is 7.00. The van der Waals surface area contributed by atoms with Crippen LogP contribution in [0.25, 0.3) is 10.4 Å². The first-order valence-electron chi connectivity index (χ1n) is 6.01. The Kier molecular flexibility index (Phi) is 4.49. The van der Waals surface area contributed by atoms with E-state index in [2.05, 4.69) is 39.8 Å². The molecule has 1 aliphatic heterocycles. The highest BCUT2D eigenvalue weighted by atomic mass is 32.1. The summed E-state index contributed by atoms with van der Waals surface area (Å²) < 4.78 is 0. The second-order valence-electron chi connectivity index (χ2n) is 4.46. The van der Waals surface area contributed by atoms with Crippen molar-refractivity contribution in [3.8, 4) is 0 Å². The van der Waals surface area contributed by atoms with Crippen molar-refractivity contribution in [3.05, 3.63) is 33.7 Å². The maximum atomic E-state index is 8.51. The lowest BCUT2D eigenvalue weighted by Crippen LogP contribution is -2.43. The monoisotopic (exact) mass is 263 g/mol. The number of nitrogens with zero attached hydrogens (tertiary/aromatic N) is 4. The normalized spacial score (nSPS) is 16.3. The van der Waals surface area contributed by atoms with Gasteiger partial charge in [0.25, 0.3) is 0 Å². The molecule has 0 aliphatic carbocycles. The SMILES string of the molecule is Cc1c(S)cc(N=[N+]=[N-])cc1CN1CCNCC1. The van der Waals surface area contributed by atoms with Crippen molar-refractivity contribution in [1.82, 2.24) is 10.2 Å². The Balaban J connectivity index is 2.22. The van der Waals surface area contributed by atoms with Gasteiger partial charge in [-0.05, 0) is 35.7 Å². The highest BCUT2D eigenvalue weighted by Crippen LogP contribution is 2.26. The number of nitrogens with one attached hydrogen (secondary N) is 1. The molecule has 18 heavy (non-hydrogen) atoms. The van der Waals surface area contributed by atoms with E-state index >= 15 is 0 Å². The van der Waals surface area contributed by atoms with Gasteiger partial charge in [-0.3, -0.25) is 4.90 Å². The minimum Gasteiger partial charge on any atom is -0.314 e. The van der Waals surface area contributed by atoms with Crippen LogP contribution in [0, 0.1) is 6.92 Å². The van der Waals surface area contributed by atoms with Crippen molar-refractivity contribution in [2.24, 2.45) is 5.11 Å². The molecule has 0 atom stereocenters. The summed E-state index contributed by atoms with van der Waals surface area (Å²) >= 11 is 4.43. The van der Waals surface area contributed by atoms with Gasteiger partial charge < -0.3 is 5.32 Å². The van der Waals surface area contributed by atoms with E-state index in [1.54, 1.807) is 6.07 Å². The maximum Gasteiger partial charge on any atom is 0.0389 e. The Morgan fingerprint density at radius 3 is 2.83 bits per heavy atom. The Morgan fingerprint density at radius 2 is 2.17 bits per heavy atom. The number of rotatable bonds is 3. The fourth-order valence-electron chi connectivity index (χ4n) is 2.13. The summed E-state index contributed by atoms with van der Waals surface area (Å²) in [6.45, 7) is 7.10. The Morgan fingerprint density at radius 1 is 1.44 bits per heavy atom. The molecule has 0 radical (unpaired) electrons. The molecule has 2 rings (SSSR count). The fourth-order valence-corrected chi connectivity index (χ4v) is 2.40. The molecule has 1 aliphatic rings. The van der Waals surface area contributed by atoms with E-state index < -0.39 is 0 Å². The van der Waals surface area contributed by atoms with E-state index in [0.29, 0.717) is 5.69 Å².